The highest BCUT2D eigenvalue weighted by Crippen LogP contribution is 2.34. The Morgan fingerprint density at radius 3 is 2.76 bits per heavy atom. The number of nitrogens with zero attached hydrogens (tertiary/aromatic N) is 1. The van der Waals surface area contributed by atoms with Gasteiger partial charge in [-0.3, -0.25) is 23.7 Å². The van der Waals surface area contributed by atoms with E-state index in [1.165, 1.54) is 4.57 Å². The topological polar surface area (TPSA) is 147 Å². The minimum Gasteiger partial charge on any atom is -0.481 e. The number of hydrogen-bond donors (Lipinski definition) is 4. The summed E-state index contributed by atoms with van der Waals surface area (Å²) >= 11 is 3.44. The maximum absolute atomic E-state index is 13.4. The number of para-hydroxylation sites is 1. The van der Waals surface area contributed by atoms with Crippen LogP contribution in [0, 0.1) is 5.92 Å². The lowest BCUT2D eigenvalue weighted by Gasteiger charge is -2.32. The first-order valence-corrected chi connectivity index (χ1v) is 11.9. The van der Waals surface area contributed by atoms with Crippen molar-refractivity contribution in [1.82, 2.24) is 9.55 Å². The zero-order chi connectivity index (χ0) is 24.4. The Hall–Kier alpha value is -3.24. The molecule has 0 fully saturated rings. The first-order chi connectivity index (χ1) is 16.3. The lowest BCUT2D eigenvalue weighted by Crippen LogP contribution is -2.46. The van der Waals surface area contributed by atoms with Crippen molar-refractivity contribution >= 4 is 44.5 Å². The quantitative estimate of drug-likeness (QED) is 0.330. The zero-order valence-corrected chi connectivity index (χ0v) is 19.9. The summed E-state index contributed by atoms with van der Waals surface area (Å²) in [5.74, 6) is -1.96. The van der Waals surface area contributed by atoms with Crippen LogP contribution in [0.4, 0.5) is 5.69 Å². The molecule has 0 bridgehead atoms. The third-order valence-electron chi connectivity index (χ3n) is 6.26. The zero-order valence-electron chi connectivity index (χ0n) is 18.3. The fourth-order valence-electron chi connectivity index (χ4n) is 4.70. The standard InChI is InChI=1S/C24H25BrN4O5/c25-15-10-14-8-9-19(29-21(14)18(11-15)28-23(33)24(29)34)16(12-26)22(32)27-17-6-2-1-4-13(17)5-3-7-20(30)31/h1-2,4,6,10-11,16,19H,3,5,7-9,12,26H2,(H,27,32)(H,28,33)(H,30,31)/t16?,19-/m0/s1. The van der Waals surface area contributed by atoms with Crippen LogP contribution in [0.1, 0.15) is 36.4 Å². The van der Waals surface area contributed by atoms with Crippen LogP contribution in [0.15, 0.2) is 50.5 Å². The van der Waals surface area contributed by atoms with E-state index < -0.39 is 29.0 Å². The van der Waals surface area contributed by atoms with Gasteiger partial charge in [0.2, 0.25) is 5.91 Å². The molecule has 2 atom stereocenters. The van der Waals surface area contributed by atoms with Crippen LogP contribution in [0.25, 0.3) is 11.0 Å². The summed E-state index contributed by atoms with van der Waals surface area (Å²) in [5, 5.41) is 11.8. The Bertz CT molecular complexity index is 1380. The smallest absolute Gasteiger partial charge is 0.317 e. The van der Waals surface area contributed by atoms with Crippen molar-refractivity contribution in [2.45, 2.75) is 38.1 Å². The van der Waals surface area contributed by atoms with Crippen molar-refractivity contribution in [3.63, 3.8) is 0 Å². The minimum atomic E-state index is -0.871. The number of anilines is 1. The molecule has 2 heterocycles. The SMILES string of the molecule is NCC(C(=O)Nc1ccccc1CCCC(=O)O)[C@@H]1CCc2cc(Br)cc3[nH]c(=O)c(=O)n1c23. The van der Waals surface area contributed by atoms with Gasteiger partial charge in [-0.2, -0.15) is 0 Å². The average molecular weight is 529 g/mol. The number of benzene rings is 2. The lowest BCUT2D eigenvalue weighted by atomic mass is 9.88. The maximum atomic E-state index is 13.4. The predicted octanol–water partition coefficient (Wildman–Crippen LogP) is 2.56. The normalized spacial score (nSPS) is 15.8. The van der Waals surface area contributed by atoms with Gasteiger partial charge in [-0.15, -0.1) is 0 Å². The third kappa shape index (κ3) is 4.69. The first kappa shape index (κ1) is 23.9. The number of aliphatic carboxylic acids is 1. The molecule has 34 heavy (non-hydrogen) atoms. The summed E-state index contributed by atoms with van der Waals surface area (Å²) in [6.07, 6.45) is 2.08. The number of carboxylic acid groups (broad SMARTS) is 1. The molecule has 0 saturated carbocycles. The molecule has 0 aliphatic carbocycles. The third-order valence-corrected chi connectivity index (χ3v) is 6.72. The molecule has 1 aliphatic heterocycles. The summed E-state index contributed by atoms with van der Waals surface area (Å²) in [6.45, 7) is -0.00965. The van der Waals surface area contributed by atoms with Crippen molar-refractivity contribution in [2.24, 2.45) is 11.7 Å². The largest absolute Gasteiger partial charge is 0.481 e. The van der Waals surface area contributed by atoms with Crippen LogP contribution >= 0.6 is 15.9 Å². The number of rotatable bonds is 8. The van der Waals surface area contributed by atoms with Crippen LogP contribution < -0.4 is 22.2 Å². The molecule has 5 N–H and O–H groups in total. The van der Waals surface area contributed by atoms with E-state index in [4.69, 9.17) is 10.8 Å². The fourth-order valence-corrected chi connectivity index (χ4v) is 5.20. The second kappa shape index (κ2) is 9.94. The lowest BCUT2D eigenvalue weighted by molar-refractivity contribution is -0.137. The Kier molecular flexibility index (Phi) is 6.99. The number of H-pyrrole nitrogens is 1. The highest BCUT2D eigenvalue weighted by atomic mass is 79.9. The Morgan fingerprint density at radius 2 is 2.03 bits per heavy atom. The number of halogens is 1. The second-order valence-corrected chi connectivity index (χ2v) is 9.35. The molecule has 1 aliphatic rings. The number of aromatic nitrogens is 2. The Balaban J connectivity index is 1.67. The van der Waals surface area contributed by atoms with Crippen LogP contribution in [0.2, 0.25) is 0 Å². The molecule has 178 valence electrons. The molecule has 0 saturated heterocycles. The van der Waals surface area contributed by atoms with E-state index in [2.05, 4.69) is 26.2 Å². The van der Waals surface area contributed by atoms with Gasteiger partial charge in [-0.05, 0) is 55.0 Å². The van der Waals surface area contributed by atoms with Gasteiger partial charge in [0, 0.05) is 23.1 Å². The van der Waals surface area contributed by atoms with Gasteiger partial charge >= 0.3 is 17.1 Å². The number of nitrogens with one attached hydrogen (secondary N) is 2. The molecular weight excluding hydrogens is 504 g/mol. The number of nitrogens with two attached hydrogens (primary N) is 1. The van der Waals surface area contributed by atoms with Crippen LogP contribution in [0.5, 0.6) is 0 Å². The summed E-state index contributed by atoms with van der Waals surface area (Å²) in [4.78, 5) is 52.2. The van der Waals surface area contributed by atoms with Crippen molar-refractivity contribution in [1.29, 1.82) is 0 Å². The molecule has 10 heteroatoms. The Morgan fingerprint density at radius 1 is 1.26 bits per heavy atom. The van der Waals surface area contributed by atoms with Gasteiger partial charge in [0.1, 0.15) is 0 Å². The molecule has 0 spiro atoms. The molecule has 9 nitrogen and oxygen atoms in total. The fraction of sp³-hybridized carbons (Fsp3) is 0.333. The van der Waals surface area contributed by atoms with Gasteiger partial charge < -0.3 is 21.1 Å². The van der Waals surface area contributed by atoms with Crippen molar-refractivity contribution in [2.75, 3.05) is 11.9 Å². The van der Waals surface area contributed by atoms with Gasteiger partial charge in [-0.1, -0.05) is 34.1 Å². The van der Waals surface area contributed by atoms with Crippen molar-refractivity contribution in [3.05, 3.63) is 72.7 Å². The molecule has 4 rings (SSSR count). The summed E-state index contributed by atoms with van der Waals surface area (Å²) in [6, 6.07) is 10.3. The molecule has 1 amide bonds. The van der Waals surface area contributed by atoms with E-state index in [-0.39, 0.29) is 18.9 Å². The van der Waals surface area contributed by atoms with Crippen LogP contribution in [-0.2, 0) is 22.4 Å². The van der Waals surface area contributed by atoms with Gasteiger partial charge in [-0.25, -0.2) is 0 Å². The molecule has 2 aromatic carbocycles. The van der Waals surface area contributed by atoms with E-state index in [1.807, 2.05) is 18.2 Å². The number of hydrogen-bond acceptors (Lipinski definition) is 5. The number of carbonyl (C=O) groups is 2. The summed E-state index contributed by atoms with van der Waals surface area (Å²) < 4.78 is 2.22. The highest BCUT2D eigenvalue weighted by Gasteiger charge is 2.34. The molecule has 0 radical (unpaired) electrons. The Labute approximate surface area is 203 Å². The van der Waals surface area contributed by atoms with E-state index in [0.717, 1.165) is 15.6 Å². The average Bonchev–Trinajstić information content (AvgIpc) is 2.79. The van der Waals surface area contributed by atoms with Gasteiger partial charge in [0.15, 0.2) is 0 Å². The second-order valence-electron chi connectivity index (χ2n) is 8.43. The van der Waals surface area contributed by atoms with Crippen molar-refractivity contribution < 1.29 is 14.7 Å². The first-order valence-electron chi connectivity index (χ1n) is 11.1. The molecule has 1 unspecified atom stereocenters. The van der Waals surface area contributed by atoms with Crippen LogP contribution in [0.3, 0.4) is 0 Å². The van der Waals surface area contributed by atoms with Gasteiger partial charge in [0.25, 0.3) is 0 Å². The highest BCUT2D eigenvalue weighted by molar-refractivity contribution is 9.10. The number of amides is 1. The van der Waals surface area contributed by atoms with E-state index in [0.29, 0.717) is 42.4 Å². The maximum Gasteiger partial charge on any atom is 0.317 e. The number of carboxylic acids is 1. The molecule has 1 aromatic heterocycles. The molecular formula is C24H25BrN4O5. The number of aromatic amines is 1. The predicted molar refractivity (Wildman–Crippen MR) is 132 cm³/mol. The van der Waals surface area contributed by atoms with Gasteiger partial charge in [0.05, 0.1) is 23.0 Å². The number of carbonyl (C=O) groups excluding carboxylic acids is 1. The monoisotopic (exact) mass is 528 g/mol. The summed E-state index contributed by atoms with van der Waals surface area (Å²) in [5.41, 5.74) is 8.04. The summed E-state index contributed by atoms with van der Waals surface area (Å²) in [7, 11) is 0. The van der Waals surface area contributed by atoms with E-state index in [9.17, 15) is 19.2 Å². The minimum absolute atomic E-state index is 0.00965. The van der Waals surface area contributed by atoms with E-state index >= 15 is 0 Å². The van der Waals surface area contributed by atoms with E-state index in [1.54, 1.807) is 18.2 Å². The van der Waals surface area contributed by atoms with Crippen LogP contribution in [-0.4, -0.2) is 33.1 Å². The van der Waals surface area contributed by atoms with Crippen molar-refractivity contribution in [3.8, 4) is 0 Å². The molecule has 3 aromatic rings. The number of aryl methyl sites for hydroxylation is 2.